The number of rotatable bonds is 6. The largest absolute Gasteiger partial charge is 0.381 e. The quantitative estimate of drug-likeness (QED) is 0.559. The fourth-order valence-corrected chi connectivity index (χ4v) is 5.54. The number of ether oxygens (including phenoxy) is 1. The molecular formula is C27H33FN4O3. The number of halogens is 1. The molecule has 0 bridgehead atoms. The van der Waals surface area contributed by atoms with Crippen molar-refractivity contribution in [2.75, 3.05) is 33.4 Å². The van der Waals surface area contributed by atoms with E-state index in [1.54, 1.807) is 12.4 Å². The molecule has 2 aliphatic rings. The third-order valence-electron chi connectivity index (χ3n) is 7.62. The molecule has 4 heterocycles. The van der Waals surface area contributed by atoms with E-state index in [1.807, 2.05) is 25.2 Å². The third-order valence-corrected chi connectivity index (χ3v) is 7.62. The van der Waals surface area contributed by atoms with Gasteiger partial charge < -0.3 is 19.3 Å². The summed E-state index contributed by atoms with van der Waals surface area (Å²) in [5.74, 6) is 0.620. The van der Waals surface area contributed by atoms with Crippen molar-refractivity contribution in [3.63, 3.8) is 0 Å². The molecule has 2 fully saturated rings. The summed E-state index contributed by atoms with van der Waals surface area (Å²) in [4.78, 5) is 11.0. The number of likely N-dealkylation sites (tertiary alicyclic amines) is 1. The number of nitrogens with zero attached hydrogens (tertiary/aromatic N) is 4. The van der Waals surface area contributed by atoms with Crippen LogP contribution in [0.3, 0.4) is 0 Å². The van der Waals surface area contributed by atoms with Gasteiger partial charge in [-0.3, -0.25) is 4.98 Å². The van der Waals surface area contributed by atoms with Gasteiger partial charge in [0.2, 0.25) is 5.82 Å². The van der Waals surface area contributed by atoms with Gasteiger partial charge in [-0.05, 0) is 30.2 Å². The molecule has 0 radical (unpaired) electrons. The predicted molar refractivity (Wildman–Crippen MR) is 130 cm³/mol. The summed E-state index contributed by atoms with van der Waals surface area (Å²) < 4.78 is 25.9. The SMILES string of the molecule is CC(C)c1ccc([C@](O)(c2cncc(-c3noc(C4(F)CCOCC4)n3)c2)C2(C)CN(C)C2)cc1. The maximum Gasteiger partial charge on any atom is 0.264 e. The Kier molecular flexibility index (Phi) is 6.02. The highest BCUT2D eigenvalue weighted by Gasteiger charge is 2.55. The van der Waals surface area contributed by atoms with Crippen LogP contribution in [0.1, 0.15) is 62.1 Å². The van der Waals surface area contributed by atoms with Crippen molar-refractivity contribution in [1.82, 2.24) is 20.0 Å². The van der Waals surface area contributed by atoms with E-state index in [4.69, 9.17) is 9.26 Å². The first-order valence-corrected chi connectivity index (χ1v) is 12.2. The molecule has 7 nitrogen and oxygen atoms in total. The Balaban J connectivity index is 1.54. The zero-order valence-electron chi connectivity index (χ0n) is 20.8. The zero-order valence-corrected chi connectivity index (χ0v) is 20.8. The van der Waals surface area contributed by atoms with E-state index in [2.05, 4.69) is 52.9 Å². The number of aliphatic hydroxyl groups is 1. The fraction of sp³-hybridized carbons (Fsp3) is 0.519. The van der Waals surface area contributed by atoms with Crippen molar-refractivity contribution < 1.29 is 18.8 Å². The minimum Gasteiger partial charge on any atom is -0.381 e. The van der Waals surface area contributed by atoms with E-state index in [-0.39, 0.29) is 24.6 Å². The molecule has 0 unspecified atom stereocenters. The van der Waals surface area contributed by atoms with Gasteiger partial charge in [-0.25, -0.2) is 4.39 Å². The highest BCUT2D eigenvalue weighted by Crippen LogP contribution is 2.50. The van der Waals surface area contributed by atoms with Crippen LogP contribution in [0.15, 0.2) is 47.2 Å². The van der Waals surface area contributed by atoms with E-state index >= 15 is 4.39 Å². The molecule has 2 aromatic heterocycles. The normalized spacial score (nSPS) is 21.5. The van der Waals surface area contributed by atoms with Gasteiger partial charge in [-0.1, -0.05) is 50.2 Å². The van der Waals surface area contributed by atoms with Crippen LogP contribution < -0.4 is 0 Å². The first-order chi connectivity index (χ1) is 16.6. The van der Waals surface area contributed by atoms with Crippen molar-refractivity contribution in [2.45, 2.75) is 50.8 Å². The number of aromatic nitrogens is 3. The Morgan fingerprint density at radius 3 is 2.40 bits per heavy atom. The Morgan fingerprint density at radius 1 is 1.09 bits per heavy atom. The van der Waals surface area contributed by atoms with Gasteiger partial charge in [0.1, 0.15) is 5.60 Å². The zero-order chi connectivity index (χ0) is 24.8. The summed E-state index contributed by atoms with van der Waals surface area (Å²) in [6.07, 6.45) is 3.68. The average Bonchev–Trinajstić information content (AvgIpc) is 3.35. The second-order valence-corrected chi connectivity index (χ2v) is 10.7. The lowest BCUT2D eigenvalue weighted by Gasteiger charge is -2.55. The van der Waals surface area contributed by atoms with Gasteiger partial charge in [0.25, 0.3) is 5.89 Å². The smallest absolute Gasteiger partial charge is 0.264 e. The first-order valence-electron chi connectivity index (χ1n) is 12.2. The molecule has 2 saturated heterocycles. The molecule has 35 heavy (non-hydrogen) atoms. The third kappa shape index (κ3) is 4.07. The molecule has 0 spiro atoms. The maximum absolute atomic E-state index is 15.3. The van der Waals surface area contributed by atoms with E-state index in [0.717, 1.165) is 18.7 Å². The van der Waals surface area contributed by atoms with Crippen LogP contribution in [0.4, 0.5) is 4.39 Å². The lowest BCUT2D eigenvalue weighted by molar-refractivity contribution is -0.127. The monoisotopic (exact) mass is 480 g/mol. The summed E-state index contributed by atoms with van der Waals surface area (Å²) in [5.41, 5.74) is -0.141. The van der Waals surface area contributed by atoms with Gasteiger partial charge in [-0.2, -0.15) is 4.98 Å². The number of hydrogen-bond donors (Lipinski definition) is 1. The molecule has 1 aromatic carbocycles. The second-order valence-electron chi connectivity index (χ2n) is 10.7. The van der Waals surface area contributed by atoms with Crippen LogP contribution in [0.25, 0.3) is 11.4 Å². The van der Waals surface area contributed by atoms with Crippen LogP contribution in [-0.4, -0.2) is 58.5 Å². The van der Waals surface area contributed by atoms with E-state index in [9.17, 15) is 5.11 Å². The van der Waals surface area contributed by atoms with Crippen LogP contribution in [-0.2, 0) is 16.0 Å². The van der Waals surface area contributed by atoms with Crippen LogP contribution in [0.2, 0.25) is 0 Å². The molecule has 186 valence electrons. The Labute approximate surface area is 205 Å². The summed E-state index contributed by atoms with van der Waals surface area (Å²) in [6.45, 7) is 8.51. The van der Waals surface area contributed by atoms with Gasteiger partial charge in [0.05, 0.1) is 13.2 Å². The molecule has 8 heteroatoms. The van der Waals surface area contributed by atoms with Crippen LogP contribution in [0.5, 0.6) is 0 Å². The standard InChI is InChI=1S/C27H33FN4O3/c1-18(2)19-5-7-21(8-6-19)27(33,25(3)16-32(4)17-25)22-13-20(14-29-15-22)23-30-24(35-31-23)26(28)9-11-34-12-10-26/h5-8,13-15,18,33H,9-12,16-17H2,1-4H3/t27-/m0/s1. The maximum atomic E-state index is 15.3. The number of benzene rings is 1. The molecular weight excluding hydrogens is 447 g/mol. The van der Waals surface area contributed by atoms with E-state index in [0.29, 0.717) is 30.3 Å². The Morgan fingerprint density at radius 2 is 1.77 bits per heavy atom. The highest BCUT2D eigenvalue weighted by molar-refractivity contribution is 5.56. The van der Waals surface area contributed by atoms with Gasteiger partial charge in [0.15, 0.2) is 5.67 Å². The molecule has 0 saturated carbocycles. The number of alkyl halides is 1. The molecule has 1 N–H and O–H groups in total. The summed E-state index contributed by atoms with van der Waals surface area (Å²) in [5, 5.41) is 16.4. The lowest BCUT2D eigenvalue weighted by Crippen LogP contribution is -2.63. The summed E-state index contributed by atoms with van der Waals surface area (Å²) in [7, 11) is 2.04. The topological polar surface area (TPSA) is 84.5 Å². The van der Waals surface area contributed by atoms with Crippen molar-refractivity contribution in [3.8, 4) is 11.4 Å². The van der Waals surface area contributed by atoms with Crippen molar-refractivity contribution >= 4 is 0 Å². The molecule has 3 aromatic rings. The number of pyridine rings is 1. The lowest BCUT2D eigenvalue weighted by atomic mass is 9.62. The first kappa shape index (κ1) is 24.0. The molecule has 1 atom stereocenters. The molecule has 0 amide bonds. The van der Waals surface area contributed by atoms with Crippen LogP contribution >= 0.6 is 0 Å². The average molecular weight is 481 g/mol. The van der Waals surface area contributed by atoms with Gasteiger partial charge in [-0.15, -0.1) is 0 Å². The highest BCUT2D eigenvalue weighted by atomic mass is 19.1. The summed E-state index contributed by atoms with van der Waals surface area (Å²) in [6, 6.07) is 10.0. The van der Waals surface area contributed by atoms with Gasteiger partial charge >= 0.3 is 0 Å². The van der Waals surface area contributed by atoms with E-state index < -0.39 is 16.7 Å². The van der Waals surface area contributed by atoms with Crippen molar-refractivity contribution in [1.29, 1.82) is 0 Å². The molecule has 2 aliphatic heterocycles. The minimum absolute atomic E-state index is 0.0340. The molecule has 5 rings (SSSR count). The van der Waals surface area contributed by atoms with E-state index in [1.165, 1.54) is 5.56 Å². The van der Waals surface area contributed by atoms with Crippen LogP contribution in [0, 0.1) is 5.41 Å². The summed E-state index contributed by atoms with van der Waals surface area (Å²) >= 11 is 0. The van der Waals surface area contributed by atoms with Gasteiger partial charge in [0, 0.05) is 54.9 Å². The minimum atomic E-state index is -1.68. The van der Waals surface area contributed by atoms with Crippen molar-refractivity contribution in [3.05, 3.63) is 65.3 Å². The Bertz CT molecular complexity index is 1180. The Hall–Kier alpha value is -2.68. The second kappa shape index (κ2) is 8.76. The predicted octanol–water partition coefficient (Wildman–Crippen LogP) is 4.42. The molecule has 0 aliphatic carbocycles. The van der Waals surface area contributed by atoms with Crippen molar-refractivity contribution in [2.24, 2.45) is 5.41 Å². The fourth-order valence-electron chi connectivity index (χ4n) is 5.54. The number of hydrogen-bond acceptors (Lipinski definition) is 7.